The first-order valence-corrected chi connectivity index (χ1v) is 7.85. The first kappa shape index (κ1) is 14.6. The smallest absolute Gasteiger partial charge is 0.158 e. The predicted octanol–water partition coefficient (Wildman–Crippen LogP) is 3.38. The first-order valence-electron chi connectivity index (χ1n) is 7.09. The molecular weight excluding hydrogens is 297 g/mol. The second kappa shape index (κ2) is 6.20. The van der Waals surface area contributed by atoms with Gasteiger partial charge in [0.25, 0.3) is 0 Å². The van der Waals surface area contributed by atoms with Gasteiger partial charge in [-0.3, -0.25) is 0 Å². The molecule has 2 heterocycles. The molecule has 1 unspecified atom stereocenters. The number of halogens is 2. The Morgan fingerprint density at radius 2 is 2.00 bits per heavy atom. The van der Waals surface area contributed by atoms with Gasteiger partial charge in [0, 0.05) is 18.4 Å². The topological polar surface area (TPSA) is 30.5 Å². The maximum Gasteiger partial charge on any atom is 0.158 e. The van der Waals surface area contributed by atoms with Crippen molar-refractivity contribution in [2.45, 2.75) is 31.0 Å². The van der Waals surface area contributed by atoms with Crippen molar-refractivity contribution in [3.8, 4) is 0 Å². The molecule has 1 N–H and O–H groups in total. The lowest BCUT2D eigenvalue weighted by Gasteiger charge is -2.39. The average Bonchev–Trinajstić information content (AvgIpc) is 2.95. The molecule has 0 amide bonds. The van der Waals surface area contributed by atoms with E-state index in [1.165, 1.54) is 5.56 Å². The fourth-order valence-electron chi connectivity index (χ4n) is 3.18. The Balaban J connectivity index is 1.89. The third kappa shape index (κ3) is 2.97. The highest BCUT2D eigenvalue weighted by molar-refractivity contribution is 6.42. The summed E-state index contributed by atoms with van der Waals surface area (Å²) in [6.45, 7) is 3.37. The van der Waals surface area contributed by atoms with Gasteiger partial charge in [0.15, 0.2) is 6.29 Å². The van der Waals surface area contributed by atoms with Crippen LogP contribution in [0.2, 0.25) is 10.0 Å². The second-order valence-corrected chi connectivity index (χ2v) is 6.38. The van der Waals surface area contributed by atoms with E-state index >= 15 is 0 Å². The van der Waals surface area contributed by atoms with Crippen LogP contribution in [0.25, 0.3) is 0 Å². The summed E-state index contributed by atoms with van der Waals surface area (Å²) in [4.78, 5) is 0. The molecular formula is C15H19Cl2NO2. The molecule has 3 nitrogen and oxygen atoms in total. The van der Waals surface area contributed by atoms with Gasteiger partial charge >= 0.3 is 0 Å². The average molecular weight is 316 g/mol. The van der Waals surface area contributed by atoms with Crippen molar-refractivity contribution in [1.82, 2.24) is 5.32 Å². The van der Waals surface area contributed by atoms with E-state index in [4.69, 9.17) is 32.7 Å². The minimum Gasteiger partial charge on any atom is -0.350 e. The lowest BCUT2D eigenvalue weighted by Crippen LogP contribution is -2.45. The van der Waals surface area contributed by atoms with Crippen LogP contribution < -0.4 is 5.32 Å². The van der Waals surface area contributed by atoms with Crippen molar-refractivity contribution in [2.75, 3.05) is 26.3 Å². The highest BCUT2D eigenvalue weighted by atomic mass is 35.5. The Kier molecular flexibility index (Phi) is 4.53. The lowest BCUT2D eigenvalue weighted by atomic mass is 9.72. The van der Waals surface area contributed by atoms with Crippen molar-refractivity contribution in [1.29, 1.82) is 0 Å². The third-order valence-corrected chi connectivity index (χ3v) is 4.99. The Morgan fingerprint density at radius 1 is 1.20 bits per heavy atom. The molecule has 0 aromatic heterocycles. The minimum absolute atomic E-state index is 0.0154. The quantitative estimate of drug-likeness (QED) is 0.927. The molecule has 2 fully saturated rings. The van der Waals surface area contributed by atoms with Gasteiger partial charge in [-0.2, -0.15) is 0 Å². The Morgan fingerprint density at radius 3 is 2.65 bits per heavy atom. The Labute approximate surface area is 129 Å². The molecule has 0 radical (unpaired) electrons. The van der Waals surface area contributed by atoms with E-state index in [9.17, 15) is 0 Å². The molecule has 110 valence electrons. The molecule has 0 bridgehead atoms. The van der Waals surface area contributed by atoms with Gasteiger partial charge in [-0.15, -0.1) is 0 Å². The van der Waals surface area contributed by atoms with Crippen LogP contribution in [0.5, 0.6) is 0 Å². The van der Waals surface area contributed by atoms with Gasteiger partial charge in [0.1, 0.15) is 0 Å². The molecule has 2 saturated heterocycles. The van der Waals surface area contributed by atoms with Crippen LogP contribution in [0.4, 0.5) is 0 Å². The molecule has 1 atom stereocenters. The number of ether oxygens (including phenoxy) is 2. The fourth-order valence-corrected chi connectivity index (χ4v) is 3.47. The van der Waals surface area contributed by atoms with Gasteiger partial charge in [-0.1, -0.05) is 29.3 Å². The SMILES string of the molecule is Clc1ccc(C2(CC3OCCO3)CCCNC2)cc1Cl. The standard InChI is InChI=1S/C15H19Cl2NO2/c16-12-3-2-11(8-13(12)17)15(4-1-5-18-10-15)9-14-19-6-7-20-14/h2-3,8,14,18H,1,4-7,9-10H2. The summed E-state index contributed by atoms with van der Waals surface area (Å²) in [5.41, 5.74) is 1.24. The van der Waals surface area contributed by atoms with Gasteiger partial charge in [0.2, 0.25) is 0 Å². The Bertz CT molecular complexity index is 469. The summed E-state index contributed by atoms with van der Waals surface area (Å²) in [6, 6.07) is 5.95. The summed E-state index contributed by atoms with van der Waals surface area (Å²) in [6.07, 6.45) is 3.01. The van der Waals surface area contributed by atoms with Gasteiger partial charge in [-0.05, 0) is 37.1 Å². The van der Waals surface area contributed by atoms with E-state index in [1.54, 1.807) is 0 Å². The van der Waals surface area contributed by atoms with Crippen LogP contribution in [-0.2, 0) is 14.9 Å². The van der Waals surface area contributed by atoms with Crippen molar-refractivity contribution in [3.63, 3.8) is 0 Å². The normalized spacial score (nSPS) is 27.9. The van der Waals surface area contributed by atoms with E-state index in [-0.39, 0.29) is 11.7 Å². The van der Waals surface area contributed by atoms with Crippen LogP contribution in [0.15, 0.2) is 18.2 Å². The molecule has 1 aromatic carbocycles. The first-order chi connectivity index (χ1) is 9.70. The van der Waals surface area contributed by atoms with Crippen molar-refractivity contribution < 1.29 is 9.47 Å². The van der Waals surface area contributed by atoms with Gasteiger partial charge in [-0.25, -0.2) is 0 Å². The molecule has 2 aliphatic rings. The number of nitrogens with one attached hydrogen (secondary N) is 1. The lowest BCUT2D eigenvalue weighted by molar-refractivity contribution is -0.0639. The van der Waals surface area contributed by atoms with Crippen LogP contribution in [0, 0.1) is 0 Å². The second-order valence-electron chi connectivity index (χ2n) is 5.56. The van der Waals surface area contributed by atoms with Crippen LogP contribution in [0.1, 0.15) is 24.8 Å². The molecule has 5 heteroatoms. The monoisotopic (exact) mass is 315 g/mol. The summed E-state index contributed by atoms with van der Waals surface area (Å²) in [5.74, 6) is 0. The predicted molar refractivity (Wildman–Crippen MR) is 80.6 cm³/mol. The largest absolute Gasteiger partial charge is 0.350 e. The molecule has 20 heavy (non-hydrogen) atoms. The molecule has 3 rings (SSSR count). The minimum atomic E-state index is -0.107. The Hall–Kier alpha value is -0.320. The number of piperidine rings is 1. The van der Waals surface area contributed by atoms with E-state index in [1.807, 2.05) is 12.1 Å². The zero-order valence-electron chi connectivity index (χ0n) is 11.3. The van der Waals surface area contributed by atoms with Crippen LogP contribution >= 0.6 is 23.2 Å². The number of rotatable bonds is 3. The van der Waals surface area contributed by atoms with E-state index in [0.717, 1.165) is 32.4 Å². The molecule has 0 aliphatic carbocycles. The van der Waals surface area contributed by atoms with Crippen molar-refractivity contribution in [2.24, 2.45) is 0 Å². The number of hydrogen-bond donors (Lipinski definition) is 1. The summed E-state index contributed by atoms with van der Waals surface area (Å²) >= 11 is 12.2. The maximum absolute atomic E-state index is 6.20. The van der Waals surface area contributed by atoms with Crippen molar-refractivity contribution in [3.05, 3.63) is 33.8 Å². The number of benzene rings is 1. The molecule has 1 aromatic rings. The third-order valence-electron chi connectivity index (χ3n) is 4.25. The van der Waals surface area contributed by atoms with Gasteiger partial charge in [0.05, 0.1) is 23.3 Å². The van der Waals surface area contributed by atoms with Crippen LogP contribution in [0.3, 0.4) is 0 Å². The van der Waals surface area contributed by atoms with Crippen LogP contribution in [-0.4, -0.2) is 32.6 Å². The summed E-state index contributed by atoms with van der Waals surface area (Å²) in [7, 11) is 0. The van der Waals surface area contributed by atoms with E-state index in [0.29, 0.717) is 23.3 Å². The zero-order chi connectivity index (χ0) is 14.0. The van der Waals surface area contributed by atoms with Gasteiger partial charge < -0.3 is 14.8 Å². The fraction of sp³-hybridized carbons (Fsp3) is 0.600. The van der Waals surface area contributed by atoms with E-state index < -0.39 is 0 Å². The number of hydrogen-bond acceptors (Lipinski definition) is 3. The zero-order valence-corrected chi connectivity index (χ0v) is 12.8. The summed E-state index contributed by atoms with van der Waals surface area (Å²) < 4.78 is 11.3. The van der Waals surface area contributed by atoms with Crippen molar-refractivity contribution >= 4 is 23.2 Å². The molecule has 2 aliphatic heterocycles. The highest BCUT2D eigenvalue weighted by Crippen LogP contribution is 2.39. The van der Waals surface area contributed by atoms with E-state index in [2.05, 4.69) is 11.4 Å². The maximum atomic E-state index is 6.20. The molecule has 0 saturated carbocycles. The highest BCUT2D eigenvalue weighted by Gasteiger charge is 2.38. The summed E-state index contributed by atoms with van der Waals surface area (Å²) in [5, 5.41) is 4.71. The molecule has 0 spiro atoms.